The third kappa shape index (κ3) is 18.7. The van der Waals surface area contributed by atoms with E-state index in [2.05, 4.69) is 23.8 Å². The molecule has 3 aromatic rings. The van der Waals surface area contributed by atoms with Crippen molar-refractivity contribution >= 4 is 11.9 Å². The Morgan fingerprint density at radius 1 is 0.500 bits per heavy atom. The van der Waals surface area contributed by atoms with Gasteiger partial charge in [-0.3, -0.25) is 9.97 Å². The third-order valence-corrected chi connectivity index (χ3v) is 5.96. The molecule has 0 N–H and O–H groups in total. The van der Waals surface area contributed by atoms with E-state index >= 15 is 0 Å². The van der Waals surface area contributed by atoms with Crippen molar-refractivity contribution in [2.45, 2.75) is 90.9 Å². The minimum Gasteiger partial charge on any atom is -0.462 e. The molecule has 0 fully saturated rings. The first-order valence-electron chi connectivity index (χ1n) is 14.8. The van der Waals surface area contributed by atoms with E-state index in [0.29, 0.717) is 24.3 Å². The van der Waals surface area contributed by atoms with E-state index in [9.17, 15) is 9.59 Å². The highest BCUT2D eigenvalue weighted by Gasteiger charge is 2.18. The highest BCUT2D eigenvalue weighted by Crippen LogP contribution is 2.14. The molecule has 0 aliphatic carbocycles. The van der Waals surface area contributed by atoms with Crippen LogP contribution in [0.5, 0.6) is 0 Å². The number of benzene rings is 1. The molecule has 0 atom stereocenters. The van der Waals surface area contributed by atoms with Gasteiger partial charge in [-0.15, -0.1) is 0 Å². The van der Waals surface area contributed by atoms with Crippen LogP contribution in [0, 0.1) is 0 Å². The van der Waals surface area contributed by atoms with Crippen molar-refractivity contribution in [3.63, 3.8) is 0 Å². The maximum atomic E-state index is 12.4. The Hall–Kier alpha value is -3.54. The first kappa shape index (κ1) is 34.5. The lowest BCUT2D eigenvalue weighted by molar-refractivity contribution is 0.0450. The van der Waals surface area contributed by atoms with Crippen LogP contribution in [0.25, 0.3) is 0 Å². The molecule has 0 spiro atoms. The number of unbranched alkanes of at least 4 members (excludes halogenated alkanes) is 10. The number of carbonyl (C=O) groups is 2. The maximum Gasteiger partial charge on any atom is 0.339 e. The van der Waals surface area contributed by atoms with Gasteiger partial charge in [0.25, 0.3) is 0 Å². The van der Waals surface area contributed by atoms with E-state index in [-0.39, 0.29) is 0 Å². The molecule has 218 valence electrons. The molecule has 0 bridgehead atoms. The fourth-order valence-electron chi connectivity index (χ4n) is 3.71. The second-order valence-electron chi connectivity index (χ2n) is 9.40. The predicted molar refractivity (Wildman–Crippen MR) is 162 cm³/mol. The summed E-state index contributed by atoms with van der Waals surface area (Å²) in [5.74, 6) is -0.888. The molecule has 0 saturated carbocycles. The number of ether oxygens (including phenoxy) is 2. The molecule has 1 aromatic carbocycles. The number of rotatable bonds is 16. The summed E-state index contributed by atoms with van der Waals surface area (Å²) in [4.78, 5) is 32.3. The molecule has 0 unspecified atom stereocenters. The first-order valence-corrected chi connectivity index (χ1v) is 14.8. The zero-order valence-electron chi connectivity index (χ0n) is 24.5. The van der Waals surface area contributed by atoms with E-state index in [1.165, 1.54) is 51.4 Å². The predicted octanol–water partition coefficient (Wildman–Crippen LogP) is 8.88. The minimum atomic E-state index is -0.444. The summed E-state index contributed by atoms with van der Waals surface area (Å²) in [6.45, 7) is 5.17. The van der Waals surface area contributed by atoms with Gasteiger partial charge >= 0.3 is 11.9 Å². The highest BCUT2D eigenvalue weighted by molar-refractivity contribution is 6.03. The summed E-state index contributed by atoms with van der Waals surface area (Å²) in [6, 6.07) is 18.2. The molecule has 0 aliphatic heterocycles. The molecular formula is C34H48N2O4. The summed E-state index contributed by atoms with van der Waals surface area (Å²) in [6.07, 6.45) is 20.6. The number of carbonyl (C=O) groups excluding carboxylic acids is 2. The Bertz CT molecular complexity index is 850. The Morgan fingerprint density at radius 2 is 0.850 bits per heavy atom. The van der Waals surface area contributed by atoms with Crippen LogP contribution in [0.1, 0.15) is 112 Å². The van der Waals surface area contributed by atoms with Gasteiger partial charge in [0.2, 0.25) is 0 Å². The van der Waals surface area contributed by atoms with Gasteiger partial charge in [-0.2, -0.15) is 0 Å². The second-order valence-corrected chi connectivity index (χ2v) is 9.40. The van der Waals surface area contributed by atoms with Gasteiger partial charge in [-0.25, -0.2) is 9.59 Å². The van der Waals surface area contributed by atoms with E-state index in [0.717, 1.165) is 25.7 Å². The van der Waals surface area contributed by atoms with E-state index in [4.69, 9.17) is 9.47 Å². The molecule has 6 nitrogen and oxygen atoms in total. The van der Waals surface area contributed by atoms with Gasteiger partial charge in [0.1, 0.15) is 0 Å². The lowest BCUT2D eigenvalue weighted by Gasteiger charge is -2.10. The summed E-state index contributed by atoms with van der Waals surface area (Å²) in [5.41, 5.74) is 0.586. The quantitative estimate of drug-likeness (QED) is 0.131. The number of hydrogen-bond acceptors (Lipinski definition) is 6. The molecule has 0 radical (unpaired) electrons. The van der Waals surface area contributed by atoms with Gasteiger partial charge in [-0.05, 0) is 49.2 Å². The average molecular weight is 549 g/mol. The van der Waals surface area contributed by atoms with Crippen LogP contribution in [-0.4, -0.2) is 35.1 Å². The van der Waals surface area contributed by atoms with Crippen molar-refractivity contribution in [2.24, 2.45) is 0 Å². The van der Waals surface area contributed by atoms with Crippen molar-refractivity contribution in [1.29, 1.82) is 0 Å². The van der Waals surface area contributed by atoms with Crippen molar-refractivity contribution in [3.8, 4) is 0 Å². The van der Waals surface area contributed by atoms with Crippen LogP contribution in [0.3, 0.4) is 0 Å². The molecule has 0 aliphatic rings. The van der Waals surface area contributed by atoms with Gasteiger partial charge in [0.05, 0.1) is 24.3 Å². The molecule has 6 heteroatoms. The molecular weight excluding hydrogens is 500 g/mol. The topological polar surface area (TPSA) is 78.4 Å². The molecule has 0 saturated heterocycles. The van der Waals surface area contributed by atoms with E-state index in [1.54, 1.807) is 49.1 Å². The minimum absolute atomic E-state index is 0.293. The van der Waals surface area contributed by atoms with Crippen LogP contribution in [0.15, 0.2) is 85.5 Å². The van der Waals surface area contributed by atoms with E-state index in [1.807, 2.05) is 36.4 Å². The monoisotopic (exact) mass is 548 g/mol. The SMILES string of the molecule is CCCCCCCCOC(=O)c1ccccc1C(=O)OCCCCCCCC.c1ccncc1.c1ccncc1. The summed E-state index contributed by atoms with van der Waals surface area (Å²) in [5, 5.41) is 0. The Morgan fingerprint density at radius 3 is 1.15 bits per heavy atom. The molecule has 0 amide bonds. The van der Waals surface area contributed by atoms with Crippen molar-refractivity contribution in [1.82, 2.24) is 9.97 Å². The first-order chi connectivity index (χ1) is 19.7. The van der Waals surface area contributed by atoms with Crippen molar-refractivity contribution < 1.29 is 19.1 Å². The van der Waals surface area contributed by atoms with Crippen molar-refractivity contribution in [2.75, 3.05) is 13.2 Å². The van der Waals surface area contributed by atoms with Crippen LogP contribution in [-0.2, 0) is 9.47 Å². The summed E-state index contributed by atoms with van der Waals surface area (Å²) < 4.78 is 10.7. The van der Waals surface area contributed by atoms with E-state index < -0.39 is 11.9 Å². The number of aromatic nitrogens is 2. The van der Waals surface area contributed by atoms with Gasteiger partial charge in [0.15, 0.2) is 0 Å². The fourth-order valence-corrected chi connectivity index (χ4v) is 3.71. The maximum absolute atomic E-state index is 12.4. The largest absolute Gasteiger partial charge is 0.462 e. The molecule has 40 heavy (non-hydrogen) atoms. The zero-order valence-corrected chi connectivity index (χ0v) is 24.5. The Balaban J connectivity index is 0.000000537. The lowest BCUT2D eigenvalue weighted by Crippen LogP contribution is -2.15. The zero-order chi connectivity index (χ0) is 28.9. The van der Waals surface area contributed by atoms with Crippen LogP contribution in [0.2, 0.25) is 0 Å². The second kappa shape index (κ2) is 25.7. The van der Waals surface area contributed by atoms with Crippen LogP contribution in [0.4, 0.5) is 0 Å². The standard InChI is InChI=1S/C24H38O4.2C5H5N/c1-3-5-7-9-11-15-19-27-23(25)21-17-13-14-18-22(21)24(26)28-20-16-12-10-8-6-4-2;2*1-2-4-6-5-3-1/h13-14,17-18H,3-12,15-16,19-20H2,1-2H3;2*1-5H. The number of pyridine rings is 2. The number of nitrogens with zero attached hydrogens (tertiary/aromatic N) is 2. The lowest BCUT2D eigenvalue weighted by atomic mass is 10.1. The van der Waals surface area contributed by atoms with Crippen molar-refractivity contribution in [3.05, 3.63) is 96.6 Å². The highest BCUT2D eigenvalue weighted by atomic mass is 16.5. The van der Waals surface area contributed by atoms with Gasteiger partial charge < -0.3 is 9.47 Å². The Labute approximate surface area is 241 Å². The number of esters is 2. The normalized spacial score (nSPS) is 9.85. The molecule has 2 heterocycles. The molecule has 2 aromatic heterocycles. The van der Waals surface area contributed by atoms with Gasteiger partial charge in [0, 0.05) is 24.8 Å². The summed E-state index contributed by atoms with van der Waals surface area (Å²) in [7, 11) is 0. The van der Waals surface area contributed by atoms with Crippen LogP contribution < -0.4 is 0 Å². The van der Waals surface area contributed by atoms with Gasteiger partial charge in [-0.1, -0.05) is 102 Å². The Kier molecular flexibility index (Phi) is 22.2. The third-order valence-electron chi connectivity index (χ3n) is 5.96. The number of hydrogen-bond donors (Lipinski definition) is 0. The molecule has 3 rings (SSSR count). The van der Waals surface area contributed by atoms with Crippen LogP contribution >= 0.6 is 0 Å². The average Bonchev–Trinajstić information content (AvgIpc) is 3.02. The smallest absolute Gasteiger partial charge is 0.339 e. The fraction of sp³-hybridized carbons (Fsp3) is 0.471. The summed E-state index contributed by atoms with van der Waals surface area (Å²) >= 11 is 0.